The van der Waals surface area contributed by atoms with E-state index in [0.717, 1.165) is 0 Å². The first-order chi connectivity index (χ1) is 11.6. The summed E-state index contributed by atoms with van der Waals surface area (Å²) in [5.41, 5.74) is 1.30. The van der Waals surface area contributed by atoms with E-state index in [2.05, 4.69) is 10.3 Å². The molecule has 0 fully saturated rings. The summed E-state index contributed by atoms with van der Waals surface area (Å²) in [5, 5.41) is 12.3. The molecule has 1 amide bonds. The van der Waals surface area contributed by atoms with Crippen LogP contribution >= 0.6 is 11.3 Å². The van der Waals surface area contributed by atoms with Crippen molar-refractivity contribution in [1.29, 1.82) is 5.26 Å². The Morgan fingerprint density at radius 3 is 2.88 bits per heavy atom. The molecular weight excluding hydrogens is 324 g/mol. The minimum atomic E-state index is -0.347. The molecule has 6 nitrogen and oxygen atoms in total. The molecule has 0 aliphatic rings. The third-order valence-electron chi connectivity index (χ3n) is 3.76. The molecule has 0 unspecified atom stereocenters. The zero-order chi connectivity index (χ0) is 17.3. The molecule has 3 aromatic rings. The van der Waals surface area contributed by atoms with E-state index in [1.54, 1.807) is 31.2 Å². The van der Waals surface area contributed by atoms with Crippen molar-refractivity contribution in [3.05, 3.63) is 57.0 Å². The van der Waals surface area contributed by atoms with Gasteiger partial charge in [-0.15, -0.1) is 11.3 Å². The summed E-state index contributed by atoms with van der Waals surface area (Å²) in [6.07, 6.45) is 1.49. The molecule has 0 aliphatic heterocycles. The molecule has 2 heterocycles. The number of amides is 1. The molecule has 1 aromatic carbocycles. The summed E-state index contributed by atoms with van der Waals surface area (Å²) in [6.45, 7) is 4.13. The van der Waals surface area contributed by atoms with Crippen molar-refractivity contribution < 1.29 is 4.79 Å². The lowest BCUT2D eigenvalue weighted by atomic mass is 10.1. The second-order valence-corrected chi connectivity index (χ2v) is 6.18. The SMILES string of the molecule is CCn1cnc2sc(C(=O)Nc3ccccc3C#N)c(C)c2c1=O. The number of carbonyl (C=O) groups excluding carboxylic acids is 1. The number of carbonyl (C=O) groups is 1. The van der Waals surface area contributed by atoms with E-state index in [9.17, 15) is 9.59 Å². The highest BCUT2D eigenvalue weighted by atomic mass is 32.1. The Bertz CT molecular complexity index is 1040. The van der Waals surface area contributed by atoms with Crippen LogP contribution in [0.5, 0.6) is 0 Å². The number of aryl methyl sites for hydroxylation is 2. The van der Waals surface area contributed by atoms with Crippen molar-refractivity contribution in [3.8, 4) is 6.07 Å². The molecule has 2 aromatic heterocycles. The third-order valence-corrected chi connectivity index (χ3v) is 4.96. The summed E-state index contributed by atoms with van der Waals surface area (Å²) in [5.74, 6) is -0.347. The summed E-state index contributed by atoms with van der Waals surface area (Å²) in [4.78, 5) is 30.3. The molecule has 0 aliphatic carbocycles. The van der Waals surface area contributed by atoms with Crippen LogP contribution in [0.2, 0.25) is 0 Å². The maximum Gasteiger partial charge on any atom is 0.266 e. The van der Waals surface area contributed by atoms with Gasteiger partial charge in [-0.05, 0) is 31.5 Å². The van der Waals surface area contributed by atoms with E-state index in [-0.39, 0.29) is 11.5 Å². The first kappa shape index (κ1) is 15.9. The number of anilines is 1. The van der Waals surface area contributed by atoms with Gasteiger partial charge in [0.1, 0.15) is 10.9 Å². The quantitative estimate of drug-likeness (QED) is 0.795. The number of nitrogens with zero attached hydrogens (tertiary/aromatic N) is 3. The molecule has 0 saturated carbocycles. The average Bonchev–Trinajstić information content (AvgIpc) is 2.93. The van der Waals surface area contributed by atoms with Gasteiger partial charge in [0, 0.05) is 6.54 Å². The van der Waals surface area contributed by atoms with Gasteiger partial charge in [-0.1, -0.05) is 12.1 Å². The highest BCUT2D eigenvalue weighted by Gasteiger charge is 2.20. The molecule has 0 spiro atoms. The average molecular weight is 338 g/mol. The number of nitrogens with one attached hydrogen (secondary N) is 1. The van der Waals surface area contributed by atoms with E-state index in [0.29, 0.717) is 38.5 Å². The second kappa shape index (κ2) is 6.26. The van der Waals surface area contributed by atoms with Crippen LogP contribution < -0.4 is 10.9 Å². The van der Waals surface area contributed by atoms with Crippen LogP contribution in [0.1, 0.15) is 27.7 Å². The molecule has 0 atom stereocenters. The predicted molar refractivity (Wildman–Crippen MR) is 93.4 cm³/mol. The predicted octanol–water partition coefficient (Wildman–Crippen LogP) is 2.91. The zero-order valence-corrected chi connectivity index (χ0v) is 14.0. The van der Waals surface area contributed by atoms with Gasteiger partial charge in [0.15, 0.2) is 0 Å². The van der Waals surface area contributed by atoms with Gasteiger partial charge in [0.25, 0.3) is 11.5 Å². The van der Waals surface area contributed by atoms with E-state index >= 15 is 0 Å². The fraction of sp³-hybridized carbons (Fsp3) is 0.176. The van der Waals surface area contributed by atoms with Gasteiger partial charge < -0.3 is 5.32 Å². The lowest BCUT2D eigenvalue weighted by Gasteiger charge is -2.06. The van der Waals surface area contributed by atoms with Gasteiger partial charge in [-0.3, -0.25) is 14.2 Å². The standard InChI is InChI=1S/C17H14N4O2S/c1-3-21-9-19-16-13(17(21)23)10(2)14(24-16)15(22)20-12-7-5-4-6-11(12)8-18/h4-7,9H,3H2,1-2H3,(H,20,22). The number of aromatic nitrogens is 2. The maximum absolute atomic E-state index is 12.6. The van der Waals surface area contributed by atoms with Crippen LogP contribution in [0.15, 0.2) is 35.4 Å². The second-order valence-electron chi connectivity index (χ2n) is 5.18. The Balaban J connectivity index is 2.05. The number of thiophene rings is 1. The Morgan fingerprint density at radius 1 is 1.42 bits per heavy atom. The van der Waals surface area contributed by atoms with E-state index in [1.165, 1.54) is 22.2 Å². The van der Waals surface area contributed by atoms with Gasteiger partial charge >= 0.3 is 0 Å². The molecule has 0 bridgehead atoms. The Kier molecular flexibility index (Phi) is 4.15. The monoisotopic (exact) mass is 338 g/mol. The zero-order valence-electron chi connectivity index (χ0n) is 13.2. The van der Waals surface area contributed by atoms with Crippen molar-refractivity contribution in [3.63, 3.8) is 0 Å². The topological polar surface area (TPSA) is 87.8 Å². The first-order valence-electron chi connectivity index (χ1n) is 7.35. The molecular formula is C17H14N4O2S. The maximum atomic E-state index is 12.6. The van der Waals surface area contributed by atoms with Crippen molar-refractivity contribution in [2.45, 2.75) is 20.4 Å². The van der Waals surface area contributed by atoms with E-state index < -0.39 is 0 Å². The molecule has 7 heteroatoms. The Labute approximate surface area is 142 Å². The molecule has 0 radical (unpaired) electrons. The van der Waals surface area contributed by atoms with Crippen molar-refractivity contribution >= 4 is 33.1 Å². The van der Waals surface area contributed by atoms with Crippen LogP contribution in [0, 0.1) is 18.3 Å². The number of hydrogen-bond donors (Lipinski definition) is 1. The minimum absolute atomic E-state index is 0.146. The van der Waals surface area contributed by atoms with E-state index in [1.807, 2.05) is 13.0 Å². The molecule has 120 valence electrons. The van der Waals surface area contributed by atoms with Crippen molar-refractivity contribution in [2.24, 2.45) is 0 Å². The van der Waals surface area contributed by atoms with Crippen LogP contribution in [0.3, 0.4) is 0 Å². The summed E-state index contributed by atoms with van der Waals surface area (Å²) >= 11 is 1.18. The van der Waals surface area contributed by atoms with E-state index in [4.69, 9.17) is 5.26 Å². The van der Waals surface area contributed by atoms with Crippen LogP contribution in [0.25, 0.3) is 10.2 Å². The van der Waals surface area contributed by atoms with Gasteiger partial charge in [-0.2, -0.15) is 5.26 Å². The van der Waals surface area contributed by atoms with Crippen LogP contribution in [-0.4, -0.2) is 15.5 Å². The molecule has 1 N–H and O–H groups in total. The lowest BCUT2D eigenvalue weighted by Crippen LogP contribution is -2.19. The summed E-state index contributed by atoms with van der Waals surface area (Å²) < 4.78 is 1.51. The molecule has 24 heavy (non-hydrogen) atoms. The smallest absolute Gasteiger partial charge is 0.266 e. The number of benzene rings is 1. The first-order valence-corrected chi connectivity index (χ1v) is 8.17. The number of fused-ring (bicyclic) bond motifs is 1. The lowest BCUT2D eigenvalue weighted by molar-refractivity contribution is 0.103. The molecule has 0 saturated heterocycles. The third kappa shape index (κ3) is 2.57. The van der Waals surface area contributed by atoms with Crippen LogP contribution in [-0.2, 0) is 6.54 Å². The normalized spacial score (nSPS) is 10.5. The highest BCUT2D eigenvalue weighted by Crippen LogP contribution is 2.28. The highest BCUT2D eigenvalue weighted by molar-refractivity contribution is 7.20. The van der Waals surface area contributed by atoms with Gasteiger partial charge in [-0.25, -0.2) is 4.98 Å². The molecule has 3 rings (SSSR count). The summed E-state index contributed by atoms with van der Waals surface area (Å²) in [7, 11) is 0. The largest absolute Gasteiger partial charge is 0.320 e. The fourth-order valence-electron chi connectivity index (χ4n) is 2.47. The van der Waals surface area contributed by atoms with Crippen molar-refractivity contribution in [2.75, 3.05) is 5.32 Å². The Morgan fingerprint density at radius 2 is 2.17 bits per heavy atom. The van der Waals surface area contributed by atoms with Gasteiger partial charge in [0.05, 0.1) is 27.8 Å². The Hall–Kier alpha value is -2.98. The fourth-order valence-corrected chi connectivity index (χ4v) is 3.50. The van der Waals surface area contributed by atoms with Crippen LogP contribution in [0.4, 0.5) is 5.69 Å². The number of rotatable bonds is 3. The number of hydrogen-bond acceptors (Lipinski definition) is 5. The summed E-state index contributed by atoms with van der Waals surface area (Å²) in [6, 6.07) is 8.82. The number of nitriles is 1. The van der Waals surface area contributed by atoms with Crippen molar-refractivity contribution in [1.82, 2.24) is 9.55 Å². The number of para-hydroxylation sites is 1. The van der Waals surface area contributed by atoms with Gasteiger partial charge in [0.2, 0.25) is 0 Å². The minimum Gasteiger partial charge on any atom is -0.320 e.